The van der Waals surface area contributed by atoms with Crippen LogP contribution < -0.4 is 0 Å². The van der Waals surface area contributed by atoms with Gasteiger partial charge in [0.2, 0.25) is 5.91 Å². The van der Waals surface area contributed by atoms with E-state index in [1.54, 1.807) is 10.7 Å². The van der Waals surface area contributed by atoms with Crippen LogP contribution in [0.15, 0.2) is 72.9 Å². The highest BCUT2D eigenvalue weighted by molar-refractivity contribution is 5.79. The average Bonchev–Trinajstić information content (AvgIpc) is 3.33. The van der Waals surface area contributed by atoms with Crippen LogP contribution in [0.5, 0.6) is 0 Å². The van der Waals surface area contributed by atoms with Crippen LogP contribution >= 0.6 is 0 Å². The number of amides is 1. The van der Waals surface area contributed by atoms with Gasteiger partial charge >= 0.3 is 0 Å². The van der Waals surface area contributed by atoms with Crippen LogP contribution in [0.4, 0.5) is 0 Å². The van der Waals surface area contributed by atoms with E-state index in [-0.39, 0.29) is 11.8 Å². The summed E-state index contributed by atoms with van der Waals surface area (Å²) in [4.78, 5) is 14.4. The van der Waals surface area contributed by atoms with Gasteiger partial charge in [0.25, 0.3) is 0 Å². The Morgan fingerprint density at radius 3 is 2.50 bits per heavy atom. The van der Waals surface area contributed by atoms with Gasteiger partial charge in [0.05, 0.1) is 6.20 Å². The van der Waals surface area contributed by atoms with Crippen molar-refractivity contribution >= 4 is 11.6 Å². The number of hydrogen-bond donors (Lipinski definition) is 0. The van der Waals surface area contributed by atoms with Gasteiger partial charge in [-0.25, -0.2) is 0 Å². The molecule has 1 atom stereocenters. The van der Waals surface area contributed by atoms with E-state index in [0.717, 1.165) is 17.7 Å². The Labute approximate surface area is 162 Å². The molecular formula is C22H19N5O. The Balaban J connectivity index is 1.37. The normalized spacial score (nSPS) is 16.8. The highest BCUT2D eigenvalue weighted by atomic mass is 16.2. The molecule has 5 rings (SSSR count). The second-order valence-corrected chi connectivity index (χ2v) is 7.11. The second kappa shape index (κ2) is 6.88. The van der Waals surface area contributed by atoms with Crippen molar-refractivity contribution in [2.45, 2.75) is 18.9 Å². The van der Waals surface area contributed by atoms with Gasteiger partial charge in [-0.15, -0.1) is 10.2 Å². The molecular weight excluding hydrogens is 350 g/mol. The fraction of sp³-hybridized carbons (Fsp3) is 0.182. The molecule has 3 heterocycles. The Bertz CT molecular complexity index is 1120. The average molecular weight is 369 g/mol. The van der Waals surface area contributed by atoms with E-state index in [4.69, 9.17) is 0 Å². The molecule has 2 aromatic carbocycles. The van der Waals surface area contributed by atoms with Crippen molar-refractivity contribution in [2.75, 3.05) is 6.54 Å². The summed E-state index contributed by atoms with van der Waals surface area (Å²) in [5, 5.41) is 13.0. The first-order valence-corrected chi connectivity index (χ1v) is 9.36. The summed E-state index contributed by atoms with van der Waals surface area (Å²) >= 11 is 0. The van der Waals surface area contributed by atoms with Gasteiger partial charge in [0.1, 0.15) is 0 Å². The summed E-state index contributed by atoms with van der Waals surface area (Å²) in [6, 6.07) is 22.1. The summed E-state index contributed by atoms with van der Waals surface area (Å²) in [6.45, 7) is 1.27. The lowest BCUT2D eigenvalue weighted by Gasteiger charge is -2.16. The molecule has 138 valence electrons. The summed E-state index contributed by atoms with van der Waals surface area (Å²) in [5.74, 6) is 1.15. The van der Waals surface area contributed by atoms with Crippen LogP contribution in [-0.4, -0.2) is 37.2 Å². The SMILES string of the molecule is O=C1CC(c2ccccc2)CN1Cc1cnn2c(-c3ccccc3)nnc2c1. The van der Waals surface area contributed by atoms with Crippen molar-refractivity contribution in [3.63, 3.8) is 0 Å². The lowest BCUT2D eigenvalue weighted by Crippen LogP contribution is -2.24. The number of hydrogen-bond acceptors (Lipinski definition) is 4. The highest BCUT2D eigenvalue weighted by Gasteiger charge is 2.30. The van der Waals surface area contributed by atoms with Crippen LogP contribution in [0.3, 0.4) is 0 Å². The quantitative estimate of drug-likeness (QED) is 0.554. The number of carbonyl (C=O) groups is 1. The molecule has 0 saturated carbocycles. The molecule has 1 aliphatic rings. The minimum atomic E-state index is 0.181. The van der Waals surface area contributed by atoms with Crippen molar-refractivity contribution in [2.24, 2.45) is 0 Å². The molecule has 0 radical (unpaired) electrons. The predicted molar refractivity (Wildman–Crippen MR) is 105 cm³/mol. The monoisotopic (exact) mass is 369 g/mol. The van der Waals surface area contributed by atoms with E-state index in [9.17, 15) is 4.79 Å². The second-order valence-electron chi connectivity index (χ2n) is 7.11. The largest absolute Gasteiger partial charge is 0.338 e. The summed E-state index contributed by atoms with van der Waals surface area (Å²) in [7, 11) is 0. The van der Waals surface area contributed by atoms with Crippen LogP contribution in [0.1, 0.15) is 23.5 Å². The van der Waals surface area contributed by atoms with Gasteiger partial charge in [-0.05, 0) is 17.2 Å². The minimum Gasteiger partial charge on any atom is -0.338 e. The van der Waals surface area contributed by atoms with Gasteiger partial charge in [-0.1, -0.05) is 60.7 Å². The van der Waals surface area contributed by atoms with Gasteiger partial charge in [-0.3, -0.25) is 4.79 Å². The molecule has 1 saturated heterocycles. The first-order chi connectivity index (χ1) is 13.8. The van der Waals surface area contributed by atoms with Gasteiger partial charge in [-0.2, -0.15) is 9.61 Å². The Morgan fingerprint density at radius 2 is 1.71 bits per heavy atom. The third-order valence-electron chi connectivity index (χ3n) is 5.21. The number of rotatable bonds is 4. The summed E-state index contributed by atoms with van der Waals surface area (Å²) in [5.41, 5.74) is 3.83. The first kappa shape index (κ1) is 16.6. The fourth-order valence-electron chi connectivity index (χ4n) is 3.78. The smallest absolute Gasteiger partial charge is 0.223 e. The number of benzene rings is 2. The molecule has 28 heavy (non-hydrogen) atoms. The Hall–Kier alpha value is -3.54. The molecule has 1 fully saturated rings. The Kier molecular flexibility index (Phi) is 4.09. The van der Waals surface area contributed by atoms with Crippen molar-refractivity contribution in [3.8, 4) is 11.4 Å². The molecule has 1 aliphatic heterocycles. The predicted octanol–water partition coefficient (Wildman–Crippen LogP) is 3.31. The zero-order valence-corrected chi connectivity index (χ0v) is 15.3. The molecule has 2 aromatic heterocycles. The molecule has 0 aliphatic carbocycles. The van der Waals surface area contributed by atoms with Gasteiger partial charge in [0, 0.05) is 31.0 Å². The van der Waals surface area contributed by atoms with Gasteiger partial charge < -0.3 is 4.90 Å². The molecule has 0 bridgehead atoms. The number of aromatic nitrogens is 4. The first-order valence-electron chi connectivity index (χ1n) is 9.36. The molecule has 1 unspecified atom stereocenters. The zero-order valence-electron chi connectivity index (χ0n) is 15.3. The minimum absolute atomic E-state index is 0.181. The topological polar surface area (TPSA) is 63.4 Å². The molecule has 0 spiro atoms. The number of fused-ring (bicyclic) bond motifs is 1. The number of carbonyl (C=O) groups excluding carboxylic acids is 1. The maximum absolute atomic E-state index is 12.5. The summed E-state index contributed by atoms with van der Waals surface area (Å²) < 4.78 is 1.73. The van der Waals surface area contributed by atoms with Crippen LogP contribution in [0.25, 0.3) is 17.0 Å². The lowest BCUT2D eigenvalue weighted by atomic mass is 9.99. The van der Waals surface area contributed by atoms with Crippen molar-refractivity contribution in [1.82, 2.24) is 24.7 Å². The molecule has 4 aromatic rings. The molecule has 0 N–H and O–H groups in total. The molecule has 6 heteroatoms. The fourth-order valence-corrected chi connectivity index (χ4v) is 3.78. The van der Waals surface area contributed by atoms with Crippen LogP contribution in [0.2, 0.25) is 0 Å². The van der Waals surface area contributed by atoms with Crippen molar-refractivity contribution in [1.29, 1.82) is 0 Å². The van der Waals surface area contributed by atoms with Gasteiger partial charge in [0.15, 0.2) is 11.5 Å². The maximum Gasteiger partial charge on any atom is 0.223 e. The third-order valence-corrected chi connectivity index (χ3v) is 5.21. The lowest BCUT2D eigenvalue weighted by molar-refractivity contribution is -0.128. The Morgan fingerprint density at radius 1 is 0.964 bits per heavy atom. The van der Waals surface area contributed by atoms with E-state index in [0.29, 0.717) is 24.4 Å². The molecule has 6 nitrogen and oxygen atoms in total. The summed E-state index contributed by atoms with van der Waals surface area (Å²) in [6.07, 6.45) is 2.36. The van der Waals surface area contributed by atoms with E-state index in [2.05, 4.69) is 27.4 Å². The van der Waals surface area contributed by atoms with E-state index >= 15 is 0 Å². The number of nitrogens with zero attached hydrogens (tertiary/aromatic N) is 5. The number of likely N-dealkylation sites (tertiary alicyclic amines) is 1. The van der Waals surface area contributed by atoms with Crippen molar-refractivity contribution in [3.05, 3.63) is 84.1 Å². The maximum atomic E-state index is 12.5. The van der Waals surface area contributed by atoms with Crippen LogP contribution in [0, 0.1) is 0 Å². The van der Waals surface area contributed by atoms with Crippen molar-refractivity contribution < 1.29 is 4.79 Å². The molecule has 1 amide bonds. The van der Waals surface area contributed by atoms with Crippen LogP contribution in [-0.2, 0) is 11.3 Å². The van der Waals surface area contributed by atoms with E-state index in [1.807, 2.05) is 59.5 Å². The highest BCUT2D eigenvalue weighted by Crippen LogP contribution is 2.29. The standard InChI is InChI=1S/C22H19N5O/c28-21-12-19(17-7-3-1-4-8-17)15-26(21)14-16-11-20-24-25-22(27(20)23-13-16)18-9-5-2-6-10-18/h1-11,13,19H,12,14-15H2. The third kappa shape index (κ3) is 3.03. The van der Waals surface area contributed by atoms with E-state index in [1.165, 1.54) is 5.56 Å². The van der Waals surface area contributed by atoms with E-state index < -0.39 is 0 Å². The zero-order chi connectivity index (χ0) is 18.9.